The number of ether oxygens (including phenoxy) is 1. The number of amides is 1. The van der Waals surface area contributed by atoms with E-state index in [9.17, 15) is 23.3 Å². The van der Waals surface area contributed by atoms with Crippen molar-refractivity contribution < 1.29 is 22.9 Å². The number of nitro benzene ring substituents is 1. The molecule has 0 unspecified atom stereocenters. The molecular weight excluding hydrogens is 418 g/mol. The number of carbonyl (C=O) groups excluding carboxylic acids is 1. The molecule has 11 heteroatoms. The van der Waals surface area contributed by atoms with Crippen LogP contribution in [0, 0.1) is 24.0 Å². The fourth-order valence-corrected chi connectivity index (χ4v) is 5.63. The zero-order valence-electron chi connectivity index (χ0n) is 16.2. The van der Waals surface area contributed by atoms with Crippen LogP contribution in [0.3, 0.4) is 0 Å². The van der Waals surface area contributed by atoms with Gasteiger partial charge in [0.1, 0.15) is 0 Å². The van der Waals surface area contributed by atoms with E-state index in [2.05, 4.69) is 0 Å². The second-order valence-corrected chi connectivity index (χ2v) is 10.0. The molecule has 1 saturated heterocycles. The Kier molecular flexibility index (Phi) is 5.92. The molecule has 0 aliphatic carbocycles. The highest BCUT2D eigenvalue weighted by Crippen LogP contribution is 2.31. The highest BCUT2D eigenvalue weighted by Gasteiger charge is 2.32. The lowest BCUT2D eigenvalue weighted by molar-refractivity contribution is -0.386. The molecule has 156 valence electrons. The number of nitrogens with zero attached hydrogens (tertiary/aromatic N) is 3. The van der Waals surface area contributed by atoms with Crippen LogP contribution in [0.1, 0.15) is 20.1 Å². The SMILES string of the molecule is COc1ccc(S(=O)(=O)N2CCN(C(=O)c3cc(C)sc3C)CC2)cc1[N+](=O)[O-]. The van der Waals surface area contributed by atoms with Gasteiger partial charge in [-0.3, -0.25) is 14.9 Å². The Bertz CT molecular complexity index is 1060. The van der Waals surface area contributed by atoms with E-state index in [0.717, 1.165) is 15.8 Å². The first-order valence-electron chi connectivity index (χ1n) is 8.84. The van der Waals surface area contributed by atoms with Crippen molar-refractivity contribution in [3.05, 3.63) is 49.7 Å². The van der Waals surface area contributed by atoms with Crippen molar-refractivity contribution in [3.63, 3.8) is 0 Å². The van der Waals surface area contributed by atoms with Crippen LogP contribution in [0.25, 0.3) is 0 Å². The first-order valence-corrected chi connectivity index (χ1v) is 11.1. The zero-order valence-corrected chi connectivity index (χ0v) is 17.9. The van der Waals surface area contributed by atoms with E-state index < -0.39 is 20.6 Å². The molecule has 0 spiro atoms. The third-order valence-corrected chi connectivity index (χ3v) is 7.64. The summed E-state index contributed by atoms with van der Waals surface area (Å²) in [4.78, 5) is 26.7. The number of thiophene rings is 1. The van der Waals surface area contributed by atoms with Crippen molar-refractivity contribution in [2.24, 2.45) is 0 Å². The summed E-state index contributed by atoms with van der Waals surface area (Å²) in [7, 11) is -2.64. The van der Waals surface area contributed by atoms with Crippen LogP contribution in [0.5, 0.6) is 5.75 Å². The molecule has 0 atom stereocenters. The molecular formula is C18H21N3O6S2. The third-order valence-electron chi connectivity index (χ3n) is 4.78. The molecule has 1 fully saturated rings. The summed E-state index contributed by atoms with van der Waals surface area (Å²) in [6, 6.07) is 5.41. The molecule has 2 aromatic rings. The van der Waals surface area contributed by atoms with Crippen LogP contribution in [0.15, 0.2) is 29.2 Å². The molecule has 0 N–H and O–H groups in total. The molecule has 2 heterocycles. The summed E-state index contributed by atoms with van der Waals surface area (Å²) in [5.74, 6) is -0.116. The second kappa shape index (κ2) is 8.09. The second-order valence-electron chi connectivity index (χ2n) is 6.61. The predicted molar refractivity (Wildman–Crippen MR) is 108 cm³/mol. The smallest absolute Gasteiger partial charge is 0.312 e. The number of methoxy groups -OCH3 is 1. The Morgan fingerprint density at radius 3 is 2.34 bits per heavy atom. The van der Waals surface area contributed by atoms with Crippen LogP contribution in [-0.2, 0) is 10.0 Å². The van der Waals surface area contributed by atoms with Crippen LogP contribution in [0.4, 0.5) is 5.69 Å². The van der Waals surface area contributed by atoms with Crippen LogP contribution in [0.2, 0.25) is 0 Å². The van der Waals surface area contributed by atoms with E-state index in [1.54, 1.807) is 16.2 Å². The Morgan fingerprint density at radius 2 is 1.83 bits per heavy atom. The highest BCUT2D eigenvalue weighted by molar-refractivity contribution is 7.89. The van der Waals surface area contributed by atoms with Crippen LogP contribution in [-0.4, -0.2) is 61.7 Å². The van der Waals surface area contributed by atoms with Gasteiger partial charge < -0.3 is 9.64 Å². The standard InChI is InChI=1S/C18H21N3O6S2/c1-12-10-15(13(2)28-12)18(22)19-6-8-20(9-7-19)29(25,26)14-4-5-17(27-3)16(11-14)21(23)24/h4-5,10-11H,6-9H2,1-3H3. The molecule has 1 aromatic carbocycles. The largest absolute Gasteiger partial charge is 0.490 e. The third kappa shape index (κ3) is 4.11. The van der Waals surface area contributed by atoms with Crippen molar-refractivity contribution in [2.75, 3.05) is 33.3 Å². The van der Waals surface area contributed by atoms with Crippen molar-refractivity contribution in [1.82, 2.24) is 9.21 Å². The molecule has 1 amide bonds. The lowest BCUT2D eigenvalue weighted by Gasteiger charge is -2.34. The van der Waals surface area contributed by atoms with E-state index >= 15 is 0 Å². The van der Waals surface area contributed by atoms with Gasteiger partial charge in [-0.15, -0.1) is 11.3 Å². The molecule has 3 rings (SSSR count). The minimum atomic E-state index is -3.92. The van der Waals surface area contributed by atoms with Gasteiger partial charge in [-0.1, -0.05) is 0 Å². The number of carbonyl (C=O) groups is 1. The molecule has 0 saturated carbocycles. The van der Waals surface area contributed by atoms with Gasteiger partial charge in [-0.2, -0.15) is 4.31 Å². The van der Waals surface area contributed by atoms with E-state index in [0.29, 0.717) is 5.56 Å². The molecule has 0 bridgehead atoms. The Hall–Kier alpha value is -2.50. The molecule has 1 aliphatic rings. The number of sulfonamides is 1. The van der Waals surface area contributed by atoms with Gasteiger partial charge in [0.05, 0.1) is 22.5 Å². The quantitative estimate of drug-likeness (QED) is 0.523. The number of hydrogen-bond donors (Lipinski definition) is 0. The van der Waals surface area contributed by atoms with Crippen LogP contribution >= 0.6 is 11.3 Å². The number of nitro groups is 1. The van der Waals surface area contributed by atoms with Gasteiger partial charge in [0, 0.05) is 42.0 Å². The summed E-state index contributed by atoms with van der Waals surface area (Å²) in [5, 5.41) is 11.2. The van der Waals surface area contributed by atoms with E-state index in [1.807, 2.05) is 19.9 Å². The fraction of sp³-hybridized carbons (Fsp3) is 0.389. The summed E-state index contributed by atoms with van der Waals surface area (Å²) < 4.78 is 32.0. The van der Waals surface area contributed by atoms with E-state index in [4.69, 9.17) is 4.74 Å². The van der Waals surface area contributed by atoms with Crippen molar-refractivity contribution in [3.8, 4) is 5.75 Å². The van der Waals surface area contributed by atoms with Crippen LogP contribution < -0.4 is 4.74 Å². The summed E-state index contributed by atoms with van der Waals surface area (Å²) in [6.07, 6.45) is 0. The highest BCUT2D eigenvalue weighted by atomic mass is 32.2. The van der Waals surface area contributed by atoms with Crippen molar-refractivity contribution in [1.29, 1.82) is 0 Å². The first-order chi connectivity index (χ1) is 13.6. The van der Waals surface area contributed by atoms with Gasteiger partial charge in [-0.05, 0) is 32.0 Å². The van der Waals surface area contributed by atoms with E-state index in [1.165, 1.54) is 23.5 Å². The number of aryl methyl sites for hydroxylation is 2. The molecule has 1 aromatic heterocycles. The monoisotopic (exact) mass is 439 g/mol. The average molecular weight is 440 g/mol. The Balaban J connectivity index is 1.76. The zero-order chi connectivity index (χ0) is 21.3. The number of hydrogen-bond acceptors (Lipinski definition) is 7. The lowest BCUT2D eigenvalue weighted by atomic mass is 10.2. The number of piperazine rings is 1. The molecule has 1 aliphatic heterocycles. The Labute approximate surface area is 172 Å². The first kappa shape index (κ1) is 21.2. The van der Waals surface area contributed by atoms with Gasteiger partial charge in [0.2, 0.25) is 10.0 Å². The number of benzene rings is 1. The normalized spacial score (nSPS) is 15.3. The molecule has 9 nitrogen and oxygen atoms in total. The lowest BCUT2D eigenvalue weighted by Crippen LogP contribution is -2.50. The van der Waals surface area contributed by atoms with Gasteiger partial charge in [-0.25, -0.2) is 8.42 Å². The maximum atomic E-state index is 12.9. The van der Waals surface area contributed by atoms with Gasteiger partial charge >= 0.3 is 5.69 Å². The molecule has 29 heavy (non-hydrogen) atoms. The predicted octanol–water partition coefficient (Wildman–Crippen LogP) is 2.43. The maximum Gasteiger partial charge on any atom is 0.312 e. The van der Waals surface area contributed by atoms with Crippen molar-refractivity contribution >= 4 is 33.0 Å². The minimum Gasteiger partial charge on any atom is -0.490 e. The minimum absolute atomic E-state index is 0.00853. The summed E-state index contributed by atoms with van der Waals surface area (Å²) in [5.41, 5.74) is 0.236. The van der Waals surface area contributed by atoms with E-state index in [-0.39, 0.29) is 42.7 Å². The average Bonchev–Trinajstić information content (AvgIpc) is 3.04. The summed E-state index contributed by atoms with van der Waals surface area (Å²) in [6.45, 7) is 4.58. The van der Waals surface area contributed by atoms with Crippen molar-refractivity contribution in [2.45, 2.75) is 18.7 Å². The van der Waals surface area contributed by atoms with Gasteiger partial charge in [0.25, 0.3) is 5.91 Å². The summed E-state index contributed by atoms with van der Waals surface area (Å²) >= 11 is 1.55. The molecule has 0 radical (unpaired) electrons. The fourth-order valence-electron chi connectivity index (χ4n) is 3.27. The van der Waals surface area contributed by atoms with Gasteiger partial charge in [0.15, 0.2) is 5.75 Å². The number of rotatable bonds is 5. The Morgan fingerprint density at radius 1 is 1.17 bits per heavy atom. The maximum absolute atomic E-state index is 12.9. The topological polar surface area (TPSA) is 110 Å².